The number of H-pyrrole nitrogens is 1. The molecule has 34 heavy (non-hydrogen) atoms. The molecule has 0 radical (unpaired) electrons. The second kappa shape index (κ2) is 9.64. The number of para-hydroxylation sites is 1. The maximum Gasteiger partial charge on any atom is 0.223 e. The zero-order valence-electron chi connectivity index (χ0n) is 19.7. The highest BCUT2D eigenvalue weighted by Gasteiger charge is 2.33. The maximum absolute atomic E-state index is 13.5. The van der Waals surface area contributed by atoms with Gasteiger partial charge in [-0.2, -0.15) is 0 Å². The van der Waals surface area contributed by atoms with E-state index in [4.69, 9.17) is 9.47 Å². The molecule has 1 aliphatic heterocycles. The smallest absolute Gasteiger partial charge is 0.223 e. The molecule has 5 rings (SSSR count). The summed E-state index contributed by atoms with van der Waals surface area (Å²) >= 11 is 0. The minimum Gasteiger partial charge on any atom is -0.493 e. The van der Waals surface area contributed by atoms with Crippen LogP contribution in [0.4, 0.5) is 0 Å². The number of aryl methyl sites for hydroxylation is 1. The van der Waals surface area contributed by atoms with Crippen molar-refractivity contribution in [3.63, 3.8) is 0 Å². The van der Waals surface area contributed by atoms with Gasteiger partial charge in [0.05, 0.1) is 20.3 Å². The number of amides is 1. The zero-order valence-corrected chi connectivity index (χ0v) is 19.7. The Morgan fingerprint density at radius 3 is 2.53 bits per heavy atom. The fraction of sp³-hybridized carbons (Fsp3) is 0.276. The maximum atomic E-state index is 13.5. The van der Waals surface area contributed by atoms with E-state index < -0.39 is 0 Å². The summed E-state index contributed by atoms with van der Waals surface area (Å²) in [5.41, 5.74) is 5.84. The normalized spacial score (nSPS) is 15.2. The summed E-state index contributed by atoms with van der Waals surface area (Å²) in [4.78, 5) is 18.9. The van der Waals surface area contributed by atoms with Crippen LogP contribution in [0.15, 0.2) is 72.9 Å². The lowest BCUT2D eigenvalue weighted by molar-refractivity contribution is -0.133. The van der Waals surface area contributed by atoms with E-state index in [0.29, 0.717) is 18.7 Å². The summed E-state index contributed by atoms with van der Waals surface area (Å²) in [6.07, 6.45) is 5.08. The van der Waals surface area contributed by atoms with Crippen LogP contribution in [0.5, 0.6) is 11.5 Å². The molecule has 3 aromatic carbocycles. The Morgan fingerprint density at radius 2 is 1.74 bits per heavy atom. The van der Waals surface area contributed by atoms with Crippen LogP contribution in [0.25, 0.3) is 10.9 Å². The van der Waals surface area contributed by atoms with E-state index in [1.807, 2.05) is 35.2 Å². The summed E-state index contributed by atoms with van der Waals surface area (Å²) in [6.45, 7) is 0.688. The molecule has 5 heteroatoms. The van der Waals surface area contributed by atoms with Crippen molar-refractivity contribution in [1.29, 1.82) is 0 Å². The Kier molecular flexibility index (Phi) is 6.26. The van der Waals surface area contributed by atoms with Gasteiger partial charge in [0.2, 0.25) is 5.91 Å². The van der Waals surface area contributed by atoms with Crippen LogP contribution in [0.1, 0.15) is 41.1 Å². The first-order valence-corrected chi connectivity index (χ1v) is 11.8. The van der Waals surface area contributed by atoms with Gasteiger partial charge in [-0.25, -0.2) is 0 Å². The molecule has 0 fully saturated rings. The van der Waals surface area contributed by atoms with Crippen LogP contribution >= 0.6 is 0 Å². The Morgan fingerprint density at radius 1 is 1.00 bits per heavy atom. The monoisotopic (exact) mass is 454 g/mol. The fourth-order valence-corrected chi connectivity index (χ4v) is 5.12. The van der Waals surface area contributed by atoms with Crippen molar-refractivity contribution in [2.24, 2.45) is 0 Å². The molecule has 0 saturated heterocycles. The number of methoxy groups -OCH3 is 2. The van der Waals surface area contributed by atoms with Gasteiger partial charge in [0.15, 0.2) is 11.5 Å². The molecule has 1 aliphatic rings. The van der Waals surface area contributed by atoms with E-state index in [0.717, 1.165) is 41.7 Å². The standard InChI is InChI=1S/C29H30N2O3/c1-33-26-17-21-15-16-31(29(20-9-4-3-5-10-20)24(21)18-27(26)34-2)28(32)14-8-11-22-19-30-25-13-7-6-12-23(22)25/h3-7,9-10,12-13,17-19,29-30H,8,11,14-16H2,1-2H3. The lowest BCUT2D eigenvalue weighted by Gasteiger charge is -2.38. The highest BCUT2D eigenvalue weighted by molar-refractivity contribution is 5.83. The van der Waals surface area contributed by atoms with Gasteiger partial charge in [-0.05, 0) is 59.7 Å². The lowest BCUT2D eigenvalue weighted by atomic mass is 9.87. The first-order chi connectivity index (χ1) is 16.7. The molecule has 2 heterocycles. The topological polar surface area (TPSA) is 54.6 Å². The number of benzene rings is 3. The van der Waals surface area contributed by atoms with Crippen molar-refractivity contribution in [2.75, 3.05) is 20.8 Å². The third kappa shape index (κ3) is 4.14. The zero-order chi connectivity index (χ0) is 23.5. The number of fused-ring (bicyclic) bond motifs is 2. The Balaban J connectivity index is 1.39. The molecule has 1 N–H and O–H groups in total. The van der Waals surface area contributed by atoms with Crippen LogP contribution in [0.2, 0.25) is 0 Å². The van der Waals surface area contributed by atoms with Crippen molar-refractivity contribution < 1.29 is 14.3 Å². The number of hydrogen-bond acceptors (Lipinski definition) is 3. The minimum atomic E-state index is -0.134. The molecular weight excluding hydrogens is 424 g/mol. The van der Waals surface area contributed by atoms with E-state index in [-0.39, 0.29) is 11.9 Å². The number of nitrogens with one attached hydrogen (secondary N) is 1. The number of hydrogen-bond donors (Lipinski definition) is 1. The lowest BCUT2D eigenvalue weighted by Crippen LogP contribution is -2.40. The van der Waals surface area contributed by atoms with Crippen molar-refractivity contribution in [3.05, 3.63) is 95.2 Å². The fourth-order valence-electron chi connectivity index (χ4n) is 5.12. The first-order valence-electron chi connectivity index (χ1n) is 11.8. The average molecular weight is 455 g/mol. The second-order valence-corrected chi connectivity index (χ2v) is 8.77. The van der Waals surface area contributed by atoms with Gasteiger partial charge in [0.25, 0.3) is 0 Å². The van der Waals surface area contributed by atoms with Gasteiger partial charge in [0.1, 0.15) is 0 Å². The number of carbonyl (C=O) groups is 1. The molecule has 4 aromatic rings. The number of rotatable bonds is 7. The quantitative estimate of drug-likeness (QED) is 0.391. The third-order valence-corrected chi connectivity index (χ3v) is 6.82. The van der Waals surface area contributed by atoms with Crippen molar-refractivity contribution in [3.8, 4) is 11.5 Å². The summed E-state index contributed by atoms with van der Waals surface area (Å²) in [5.74, 6) is 1.61. The number of aromatic amines is 1. The first kappa shape index (κ1) is 22.1. The highest BCUT2D eigenvalue weighted by Crippen LogP contribution is 2.41. The SMILES string of the molecule is COc1cc2c(cc1OC)C(c1ccccc1)N(C(=O)CCCc1c[nH]c3ccccc13)CC2. The average Bonchev–Trinajstić information content (AvgIpc) is 3.30. The predicted molar refractivity (Wildman–Crippen MR) is 134 cm³/mol. The molecule has 0 aliphatic carbocycles. The van der Waals surface area contributed by atoms with E-state index >= 15 is 0 Å². The second-order valence-electron chi connectivity index (χ2n) is 8.77. The summed E-state index contributed by atoms with van der Waals surface area (Å²) in [6, 6.07) is 22.6. The summed E-state index contributed by atoms with van der Waals surface area (Å²) in [7, 11) is 3.31. The molecule has 1 aromatic heterocycles. The van der Waals surface area contributed by atoms with Crippen LogP contribution in [0, 0.1) is 0 Å². The van der Waals surface area contributed by atoms with Crippen molar-refractivity contribution >= 4 is 16.8 Å². The van der Waals surface area contributed by atoms with E-state index in [9.17, 15) is 4.79 Å². The molecule has 5 nitrogen and oxygen atoms in total. The van der Waals surface area contributed by atoms with Crippen LogP contribution in [-0.2, 0) is 17.6 Å². The summed E-state index contributed by atoms with van der Waals surface area (Å²) < 4.78 is 11.1. The van der Waals surface area contributed by atoms with Gasteiger partial charge in [-0.1, -0.05) is 48.5 Å². The molecule has 1 atom stereocenters. The van der Waals surface area contributed by atoms with Crippen molar-refractivity contribution in [1.82, 2.24) is 9.88 Å². The van der Waals surface area contributed by atoms with Crippen LogP contribution in [0.3, 0.4) is 0 Å². The third-order valence-electron chi connectivity index (χ3n) is 6.82. The van der Waals surface area contributed by atoms with E-state index in [1.54, 1.807) is 14.2 Å². The Bertz CT molecular complexity index is 1300. The number of carbonyl (C=O) groups excluding carboxylic acids is 1. The molecule has 1 unspecified atom stereocenters. The van der Waals surface area contributed by atoms with Gasteiger partial charge in [-0.15, -0.1) is 0 Å². The molecular formula is C29H30N2O3. The summed E-state index contributed by atoms with van der Waals surface area (Å²) in [5, 5.41) is 1.24. The molecule has 174 valence electrons. The number of ether oxygens (including phenoxy) is 2. The van der Waals surface area contributed by atoms with E-state index in [1.165, 1.54) is 16.5 Å². The Labute approximate surface area is 200 Å². The molecule has 0 bridgehead atoms. The largest absolute Gasteiger partial charge is 0.493 e. The highest BCUT2D eigenvalue weighted by atomic mass is 16.5. The van der Waals surface area contributed by atoms with Gasteiger partial charge in [0, 0.05) is 30.1 Å². The van der Waals surface area contributed by atoms with Gasteiger partial charge >= 0.3 is 0 Å². The van der Waals surface area contributed by atoms with Gasteiger partial charge in [-0.3, -0.25) is 4.79 Å². The number of nitrogens with zero attached hydrogens (tertiary/aromatic N) is 1. The van der Waals surface area contributed by atoms with E-state index in [2.05, 4.69) is 47.6 Å². The number of aromatic nitrogens is 1. The van der Waals surface area contributed by atoms with Crippen LogP contribution in [-0.4, -0.2) is 36.6 Å². The molecule has 0 saturated carbocycles. The minimum absolute atomic E-state index is 0.134. The molecule has 0 spiro atoms. The van der Waals surface area contributed by atoms with Crippen LogP contribution < -0.4 is 9.47 Å². The van der Waals surface area contributed by atoms with Crippen molar-refractivity contribution in [2.45, 2.75) is 31.7 Å². The van der Waals surface area contributed by atoms with Gasteiger partial charge < -0.3 is 19.4 Å². The predicted octanol–water partition coefficient (Wildman–Crippen LogP) is 5.68. The molecule has 1 amide bonds. The Hall–Kier alpha value is -3.73.